The van der Waals surface area contributed by atoms with E-state index in [0.29, 0.717) is 13.0 Å². The average Bonchev–Trinajstić information content (AvgIpc) is 2.11. The van der Waals surface area contributed by atoms with E-state index in [2.05, 4.69) is 5.32 Å². The van der Waals surface area contributed by atoms with Gasteiger partial charge in [-0.3, -0.25) is 0 Å². The van der Waals surface area contributed by atoms with Gasteiger partial charge in [0, 0.05) is 12.6 Å². The third-order valence-electron chi connectivity index (χ3n) is 1.93. The second-order valence-corrected chi connectivity index (χ2v) is 3.45. The van der Waals surface area contributed by atoms with Gasteiger partial charge in [-0.2, -0.15) is 0 Å². The summed E-state index contributed by atoms with van der Waals surface area (Å²) in [5, 5.41) is 12.3. The number of nitrogens with one attached hydrogen (secondary N) is 1. The number of hydrogen-bond donors (Lipinski definition) is 2. The van der Waals surface area contributed by atoms with Gasteiger partial charge >= 0.3 is 0 Å². The first-order valence-corrected chi connectivity index (χ1v) is 3.60. The van der Waals surface area contributed by atoms with Crippen molar-refractivity contribution < 1.29 is 9.50 Å². The summed E-state index contributed by atoms with van der Waals surface area (Å²) in [4.78, 5) is 0. The molecule has 2 nitrogen and oxygen atoms in total. The van der Waals surface area contributed by atoms with Crippen LogP contribution in [0.15, 0.2) is 0 Å². The van der Waals surface area contributed by atoms with Gasteiger partial charge < -0.3 is 10.4 Å². The summed E-state index contributed by atoms with van der Waals surface area (Å²) < 4.78 is 12.5. The topological polar surface area (TPSA) is 32.3 Å². The fourth-order valence-electron chi connectivity index (χ4n) is 1.23. The van der Waals surface area contributed by atoms with Crippen molar-refractivity contribution in [2.45, 2.75) is 38.1 Å². The minimum Gasteiger partial charge on any atom is -0.389 e. The van der Waals surface area contributed by atoms with E-state index in [-0.39, 0.29) is 6.04 Å². The zero-order valence-electron chi connectivity index (χ0n) is 6.39. The minimum absolute atomic E-state index is 0.0810. The smallest absolute Gasteiger partial charge is 0.114 e. The Morgan fingerprint density at radius 1 is 1.60 bits per heavy atom. The van der Waals surface area contributed by atoms with Gasteiger partial charge in [0.25, 0.3) is 0 Å². The SMILES string of the molecule is CC(C)(O)[C@@H]1C[C@@H](F)CN1. The molecule has 0 bridgehead atoms. The van der Waals surface area contributed by atoms with E-state index >= 15 is 0 Å². The van der Waals surface area contributed by atoms with E-state index in [9.17, 15) is 9.50 Å². The Labute approximate surface area is 60.4 Å². The van der Waals surface area contributed by atoms with Crippen molar-refractivity contribution in [3.05, 3.63) is 0 Å². The molecule has 3 heteroatoms. The fourth-order valence-corrected chi connectivity index (χ4v) is 1.23. The van der Waals surface area contributed by atoms with Gasteiger partial charge in [0.15, 0.2) is 0 Å². The first-order chi connectivity index (χ1) is 4.50. The summed E-state index contributed by atoms with van der Waals surface area (Å²) in [6.07, 6.45) is -0.347. The lowest BCUT2D eigenvalue weighted by molar-refractivity contribution is 0.0429. The molecule has 1 fully saturated rings. The molecule has 0 aromatic carbocycles. The molecule has 0 saturated carbocycles. The predicted molar refractivity (Wildman–Crippen MR) is 37.6 cm³/mol. The maximum atomic E-state index is 12.5. The van der Waals surface area contributed by atoms with Crippen LogP contribution >= 0.6 is 0 Å². The molecule has 2 N–H and O–H groups in total. The highest BCUT2D eigenvalue weighted by atomic mass is 19.1. The molecule has 0 amide bonds. The summed E-state index contributed by atoms with van der Waals surface area (Å²) in [6.45, 7) is 3.78. The Kier molecular flexibility index (Phi) is 1.97. The average molecular weight is 147 g/mol. The summed E-state index contributed by atoms with van der Waals surface area (Å²) in [6, 6.07) is -0.0810. The third-order valence-corrected chi connectivity index (χ3v) is 1.93. The molecule has 60 valence electrons. The Hall–Kier alpha value is -0.150. The second-order valence-electron chi connectivity index (χ2n) is 3.45. The highest BCUT2D eigenvalue weighted by molar-refractivity contribution is 4.91. The molecule has 0 unspecified atom stereocenters. The van der Waals surface area contributed by atoms with Gasteiger partial charge in [-0.25, -0.2) is 4.39 Å². The molecular weight excluding hydrogens is 133 g/mol. The van der Waals surface area contributed by atoms with Crippen molar-refractivity contribution in [2.75, 3.05) is 6.54 Å². The van der Waals surface area contributed by atoms with Crippen LogP contribution in [0.3, 0.4) is 0 Å². The Bertz CT molecular complexity index is 121. The molecule has 1 rings (SSSR count). The molecule has 1 aliphatic rings. The van der Waals surface area contributed by atoms with Gasteiger partial charge in [0.05, 0.1) is 5.60 Å². The molecule has 1 heterocycles. The van der Waals surface area contributed by atoms with Crippen LogP contribution in [0.4, 0.5) is 4.39 Å². The molecule has 0 spiro atoms. The highest BCUT2D eigenvalue weighted by Crippen LogP contribution is 2.19. The molecule has 0 radical (unpaired) electrons. The molecular formula is C7H14FNO. The number of hydrogen-bond acceptors (Lipinski definition) is 2. The Morgan fingerprint density at radius 3 is 2.40 bits per heavy atom. The quantitative estimate of drug-likeness (QED) is 0.564. The van der Waals surface area contributed by atoms with Crippen LogP contribution in [0.25, 0.3) is 0 Å². The highest BCUT2D eigenvalue weighted by Gasteiger charge is 2.33. The van der Waals surface area contributed by atoms with Crippen molar-refractivity contribution in [3.8, 4) is 0 Å². The molecule has 1 aliphatic heterocycles. The molecule has 10 heavy (non-hydrogen) atoms. The maximum absolute atomic E-state index is 12.5. The van der Waals surface area contributed by atoms with Crippen LogP contribution in [0.5, 0.6) is 0 Å². The van der Waals surface area contributed by atoms with Crippen molar-refractivity contribution in [1.29, 1.82) is 0 Å². The standard InChI is InChI=1S/C7H14FNO/c1-7(2,10)6-3-5(8)4-9-6/h5-6,9-10H,3-4H2,1-2H3/t5-,6+/m1/s1. The largest absolute Gasteiger partial charge is 0.389 e. The number of halogens is 1. The maximum Gasteiger partial charge on any atom is 0.114 e. The lowest BCUT2D eigenvalue weighted by atomic mass is 9.97. The first-order valence-electron chi connectivity index (χ1n) is 3.60. The van der Waals surface area contributed by atoms with E-state index in [0.717, 1.165) is 0 Å². The molecule has 0 aromatic heterocycles. The van der Waals surface area contributed by atoms with Gasteiger partial charge in [-0.15, -0.1) is 0 Å². The van der Waals surface area contributed by atoms with Gasteiger partial charge in [-0.05, 0) is 20.3 Å². The van der Waals surface area contributed by atoms with Crippen LogP contribution in [-0.2, 0) is 0 Å². The predicted octanol–water partition coefficient (Wildman–Crippen LogP) is 0.457. The molecule has 2 atom stereocenters. The van der Waals surface area contributed by atoms with E-state index in [1.165, 1.54) is 0 Å². The van der Waals surface area contributed by atoms with E-state index in [4.69, 9.17) is 0 Å². The van der Waals surface area contributed by atoms with Gasteiger partial charge in [0.2, 0.25) is 0 Å². The van der Waals surface area contributed by atoms with Gasteiger partial charge in [-0.1, -0.05) is 0 Å². The van der Waals surface area contributed by atoms with Crippen LogP contribution in [-0.4, -0.2) is 29.5 Å². The molecule has 0 aromatic rings. The summed E-state index contributed by atoms with van der Waals surface area (Å²) in [5.41, 5.74) is -0.791. The normalized spacial score (nSPS) is 34.8. The number of aliphatic hydroxyl groups is 1. The monoisotopic (exact) mass is 147 g/mol. The van der Waals surface area contributed by atoms with E-state index < -0.39 is 11.8 Å². The Balaban J connectivity index is 2.45. The fraction of sp³-hybridized carbons (Fsp3) is 1.00. The summed E-state index contributed by atoms with van der Waals surface area (Å²) in [7, 11) is 0. The first kappa shape index (κ1) is 7.95. The zero-order valence-corrected chi connectivity index (χ0v) is 6.39. The minimum atomic E-state index is -0.791. The van der Waals surface area contributed by atoms with Crippen LogP contribution in [0, 0.1) is 0 Å². The second kappa shape index (κ2) is 2.47. The van der Waals surface area contributed by atoms with Crippen molar-refractivity contribution in [3.63, 3.8) is 0 Å². The van der Waals surface area contributed by atoms with Crippen molar-refractivity contribution in [1.82, 2.24) is 5.32 Å². The van der Waals surface area contributed by atoms with E-state index in [1.54, 1.807) is 13.8 Å². The lowest BCUT2D eigenvalue weighted by Gasteiger charge is -2.24. The molecule has 1 saturated heterocycles. The number of alkyl halides is 1. The third kappa shape index (κ3) is 1.67. The Morgan fingerprint density at radius 2 is 2.20 bits per heavy atom. The zero-order chi connectivity index (χ0) is 7.78. The number of rotatable bonds is 1. The van der Waals surface area contributed by atoms with Crippen LogP contribution in [0.2, 0.25) is 0 Å². The van der Waals surface area contributed by atoms with Gasteiger partial charge in [0.1, 0.15) is 6.17 Å². The molecule has 0 aliphatic carbocycles. The van der Waals surface area contributed by atoms with Crippen LogP contribution in [0.1, 0.15) is 20.3 Å². The lowest BCUT2D eigenvalue weighted by Crippen LogP contribution is -2.42. The summed E-state index contributed by atoms with van der Waals surface area (Å²) in [5.74, 6) is 0. The van der Waals surface area contributed by atoms with Crippen molar-refractivity contribution in [2.24, 2.45) is 0 Å². The summed E-state index contributed by atoms with van der Waals surface area (Å²) >= 11 is 0. The van der Waals surface area contributed by atoms with E-state index in [1.807, 2.05) is 0 Å². The van der Waals surface area contributed by atoms with Crippen LogP contribution < -0.4 is 5.32 Å². The van der Waals surface area contributed by atoms with Crippen molar-refractivity contribution >= 4 is 0 Å².